The van der Waals surface area contributed by atoms with Gasteiger partial charge in [0.05, 0.1) is 27.5 Å². The number of amides is 1. The first kappa shape index (κ1) is 23.7. The smallest absolute Gasteiger partial charge is 0.239 e. The van der Waals surface area contributed by atoms with E-state index in [1.54, 1.807) is 31.0 Å². The van der Waals surface area contributed by atoms with E-state index >= 15 is 0 Å². The molecule has 2 aromatic rings. The highest BCUT2D eigenvalue weighted by atomic mass is 16.5. The van der Waals surface area contributed by atoms with Crippen molar-refractivity contribution >= 4 is 5.91 Å². The molecule has 3 rings (SSSR count). The summed E-state index contributed by atoms with van der Waals surface area (Å²) in [5.41, 5.74) is 3.00. The molecule has 1 amide bonds. The summed E-state index contributed by atoms with van der Waals surface area (Å²) in [4.78, 5) is 27.1. The number of fused-ring (bicyclic) bond motifs is 1. The molecule has 1 aromatic heterocycles. The van der Waals surface area contributed by atoms with Gasteiger partial charge >= 0.3 is 0 Å². The van der Waals surface area contributed by atoms with E-state index in [9.17, 15) is 9.59 Å². The largest absolute Gasteiger partial charge is 0.493 e. The molecule has 0 fully saturated rings. The molecule has 1 aromatic carbocycles. The predicted octanol–water partition coefficient (Wildman–Crippen LogP) is 2.20. The Kier molecular flexibility index (Phi) is 7.80. The normalized spacial score (nSPS) is 13.6. The maximum Gasteiger partial charge on any atom is 0.239 e. The molecule has 8 nitrogen and oxygen atoms in total. The Balaban J connectivity index is 1.81. The summed E-state index contributed by atoms with van der Waals surface area (Å²) < 4.78 is 17.9. The Morgan fingerprint density at radius 2 is 1.69 bits per heavy atom. The van der Waals surface area contributed by atoms with Crippen LogP contribution in [-0.2, 0) is 30.8 Å². The van der Waals surface area contributed by atoms with Crippen molar-refractivity contribution in [2.75, 3.05) is 34.4 Å². The fourth-order valence-electron chi connectivity index (χ4n) is 3.86. The van der Waals surface area contributed by atoms with Crippen molar-refractivity contribution in [1.82, 2.24) is 14.8 Å². The summed E-state index contributed by atoms with van der Waals surface area (Å²) in [6, 6.07) is 5.62. The van der Waals surface area contributed by atoms with Crippen LogP contribution in [0.2, 0.25) is 0 Å². The second-order valence-corrected chi connectivity index (χ2v) is 8.46. The fourth-order valence-corrected chi connectivity index (χ4v) is 3.86. The Morgan fingerprint density at radius 3 is 2.31 bits per heavy atom. The molecule has 0 bridgehead atoms. The minimum atomic E-state index is -0.190. The number of nitrogens with zero attached hydrogens (tertiary/aromatic N) is 2. The molecule has 1 N–H and O–H groups in total. The second-order valence-electron chi connectivity index (χ2n) is 8.46. The van der Waals surface area contributed by atoms with Crippen LogP contribution in [0.25, 0.3) is 0 Å². The number of methoxy groups -OCH3 is 3. The standard InChI is InChI=1S/C24H33N3O5/c1-16(2)11-25-24(29)15-27-14-23(32-5)20(28)10-19(27)13-26-7-6-17-8-21(30-3)22(31-4)9-18(17)12-26/h8-10,14,16H,6-7,11-13,15H2,1-5H3,(H,25,29). The van der Waals surface area contributed by atoms with Crippen molar-refractivity contribution < 1.29 is 19.0 Å². The van der Waals surface area contributed by atoms with Gasteiger partial charge in [0.1, 0.15) is 6.54 Å². The van der Waals surface area contributed by atoms with Crippen LogP contribution >= 0.6 is 0 Å². The number of hydrogen-bond donors (Lipinski definition) is 1. The van der Waals surface area contributed by atoms with Crippen LogP contribution in [0.1, 0.15) is 30.7 Å². The molecule has 174 valence electrons. The lowest BCUT2D eigenvalue weighted by Gasteiger charge is -2.30. The van der Waals surface area contributed by atoms with E-state index < -0.39 is 0 Å². The number of pyridine rings is 1. The van der Waals surface area contributed by atoms with Crippen molar-refractivity contribution in [3.63, 3.8) is 0 Å². The minimum Gasteiger partial charge on any atom is -0.493 e. The van der Waals surface area contributed by atoms with Gasteiger partial charge in [0.2, 0.25) is 11.3 Å². The van der Waals surface area contributed by atoms with Crippen molar-refractivity contribution in [3.05, 3.63) is 51.4 Å². The van der Waals surface area contributed by atoms with Gasteiger partial charge in [-0.05, 0) is 35.6 Å². The van der Waals surface area contributed by atoms with Crippen LogP contribution in [0, 0.1) is 5.92 Å². The molecule has 2 heterocycles. The maximum atomic E-state index is 12.5. The maximum absolute atomic E-state index is 12.5. The van der Waals surface area contributed by atoms with Crippen molar-refractivity contribution in [1.29, 1.82) is 0 Å². The van der Waals surface area contributed by atoms with Gasteiger partial charge in [0.15, 0.2) is 17.2 Å². The molecule has 1 aliphatic heterocycles. The molecule has 1 aliphatic rings. The number of carbonyl (C=O) groups excluding carboxylic acids is 1. The van der Waals surface area contributed by atoms with E-state index in [0.29, 0.717) is 24.8 Å². The Hall–Kier alpha value is -3.00. The van der Waals surface area contributed by atoms with Gasteiger partial charge in [-0.1, -0.05) is 13.8 Å². The summed E-state index contributed by atoms with van der Waals surface area (Å²) in [5.74, 6) is 1.94. The van der Waals surface area contributed by atoms with Crippen LogP contribution in [0.5, 0.6) is 17.2 Å². The Labute approximate surface area is 189 Å². The number of hydrogen-bond acceptors (Lipinski definition) is 6. The van der Waals surface area contributed by atoms with Crippen LogP contribution in [0.15, 0.2) is 29.2 Å². The molecule has 0 radical (unpaired) electrons. The fraction of sp³-hybridized carbons (Fsp3) is 0.500. The molecular weight excluding hydrogens is 410 g/mol. The van der Waals surface area contributed by atoms with Gasteiger partial charge in [-0.15, -0.1) is 0 Å². The number of rotatable bonds is 9. The lowest BCUT2D eigenvalue weighted by molar-refractivity contribution is -0.121. The van der Waals surface area contributed by atoms with Crippen molar-refractivity contribution in [2.24, 2.45) is 5.92 Å². The van der Waals surface area contributed by atoms with Gasteiger partial charge in [-0.2, -0.15) is 0 Å². The first-order valence-corrected chi connectivity index (χ1v) is 10.8. The summed E-state index contributed by atoms with van der Waals surface area (Å²) in [7, 11) is 4.73. The quantitative estimate of drug-likeness (QED) is 0.640. The van der Waals surface area contributed by atoms with Crippen LogP contribution in [0.4, 0.5) is 0 Å². The molecular formula is C24H33N3O5. The molecule has 0 atom stereocenters. The molecule has 32 heavy (non-hydrogen) atoms. The molecule has 0 unspecified atom stereocenters. The van der Waals surface area contributed by atoms with E-state index in [2.05, 4.69) is 10.2 Å². The van der Waals surface area contributed by atoms with Gasteiger partial charge in [-0.25, -0.2) is 0 Å². The molecule has 0 aliphatic carbocycles. The van der Waals surface area contributed by atoms with E-state index in [-0.39, 0.29) is 23.6 Å². The van der Waals surface area contributed by atoms with Gasteiger partial charge in [0.25, 0.3) is 0 Å². The third kappa shape index (κ3) is 5.62. The summed E-state index contributed by atoms with van der Waals surface area (Å²) >= 11 is 0. The average Bonchev–Trinajstić information content (AvgIpc) is 2.78. The third-order valence-corrected chi connectivity index (χ3v) is 5.61. The van der Waals surface area contributed by atoms with E-state index in [1.165, 1.54) is 18.2 Å². The number of aromatic nitrogens is 1. The average molecular weight is 444 g/mol. The van der Waals surface area contributed by atoms with Crippen molar-refractivity contribution in [3.8, 4) is 17.2 Å². The first-order valence-electron chi connectivity index (χ1n) is 10.8. The number of carbonyl (C=O) groups is 1. The highest BCUT2D eigenvalue weighted by molar-refractivity contribution is 5.75. The highest BCUT2D eigenvalue weighted by Crippen LogP contribution is 2.33. The van der Waals surface area contributed by atoms with Crippen LogP contribution in [0.3, 0.4) is 0 Å². The zero-order valence-electron chi connectivity index (χ0n) is 19.6. The Morgan fingerprint density at radius 1 is 1.03 bits per heavy atom. The SMILES string of the molecule is COc1cc2c(cc1OC)CN(Cc1cc(=O)c(OC)cn1CC(=O)NCC(C)C)CC2. The van der Waals surface area contributed by atoms with Gasteiger partial charge in [-0.3, -0.25) is 14.5 Å². The minimum absolute atomic E-state index is 0.0912. The van der Waals surface area contributed by atoms with E-state index in [0.717, 1.165) is 31.0 Å². The molecule has 0 saturated heterocycles. The van der Waals surface area contributed by atoms with E-state index in [1.807, 2.05) is 26.0 Å². The van der Waals surface area contributed by atoms with Gasteiger partial charge in [0, 0.05) is 37.9 Å². The predicted molar refractivity (Wildman–Crippen MR) is 122 cm³/mol. The monoisotopic (exact) mass is 443 g/mol. The number of nitrogens with one attached hydrogen (secondary N) is 1. The molecule has 0 spiro atoms. The first-order chi connectivity index (χ1) is 15.3. The summed E-state index contributed by atoms with van der Waals surface area (Å²) in [5, 5.41) is 2.93. The number of benzene rings is 1. The van der Waals surface area contributed by atoms with Gasteiger partial charge < -0.3 is 24.1 Å². The summed E-state index contributed by atoms with van der Waals surface area (Å²) in [6.45, 7) is 6.94. The third-order valence-electron chi connectivity index (χ3n) is 5.61. The topological polar surface area (TPSA) is 82.0 Å². The van der Waals surface area contributed by atoms with Crippen molar-refractivity contribution in [2.45, 2.75) is 39.9 Å². The number of ether oxygens (including phenoxy) is 3. The Bertz CT molecular complexity index is 1020. The molecule has 8 heteroatoms. The van der Waals surface area contributed by atoms with Crippen LogP contribution in [-0.4, -0.2) is 49.8 Å². The lowest BCUT2D eigenvalue weighted by Crippen LogP contribution is -2.34. The zero-order valence-corrected chi connectivity index (χ0v) is 19.6. The van der Waals surface area contributed by atoms with Crippen LogP contribution < -0.4 is 25.0 Å². The zero-order chi connectivity index (χ0) is 23.3. The second kappa shape index (κ2) is 10.5. The van der Waals surface area contributed by atoms with E-state index in [4.69, 9.17) is 14.2 Å². The highest BCUT2D eigenvalue weighted by Gasteiger charge is 2.21. The lowest BCUT2D eigenvalue weighted by atomic mass is 9.98. The molecule has 0 saturated carbocycles. The summed E-state index contributed by atoms with van der Waals surface area (Å²) in [6.07, 6.45) is 2.49.